The van der Waals surface area contributed by atoms with Crippen LogP contribution in [0.3, 0.4) is 0 Å². The Morgan fingerprint density at radius 3 is 2.00 bits per heavy atom. The van der Waals surface area contributed by atoms with Crippen molar-refractivity contribution in [1.29, 1.82) is 0 Å². The van der Waals surface area contributed by atoms with E-state index in [1.165, 1.54) is 44.8 Å². The summed E-state index contributed by atoms with van der Waals surface area (Å²) in [5.74, 6) is 2.54. The highest BCUT2D eigenvalue weighted by Crippen LogP contribution is 2.62. The van der Waals surface area contributed by atoms with Crippen molar-refractivity contribution in [2.75, 3.05) is 6.26 Å². The van der Waals surface area contributed by atoms with Gasteiger partial charge in [0.05, 0.1) is 4.83 Å². The fourth-order valence-electron chi connectivity index (χ4n) is 5.17. The molecule has 0 aromatic carbocycles. The van der Waals surface area contributed by atoms with E-state index in [-0.39, 0.29) is 5.41 Å². The van der Waals surface area contributed by atoms with Gasteiger partial charge in [-0.3, -0.25) is 0 Å². The second-order valence-electron chi connectivity index (χ2n) is 6.86. The molecule has 18 heavy (non-hydrogen) atoms. The van der Waals surface area contributed by atoms with Gasteiger partial charge in [-0.2, -0.15) is 8.78 Å². The summed E-state index contributed by atoms with van der Waals surface area (Å²) >= 11 is 3.96. The first-order valence-electron chi connectivity index (χ1n) is 6.99. The largest absolute Gasteiger partial charge is 0.305 e. The Kier molecular flexibility index (Phi) is 3.50. The SMILES string of the molecule is CSC(F)(F)C(Br)CC12CC3CC(CC(C3)C1)C2. The van der Waals surface area contributed by atoms with E-state index < -0.39 is 10.1 Å². The van der Waals surface area contributed by atoms with Gasteiger partial charge in [-0.05, 0) is 74.4 Å². The third-order valence-electron chi connectivity index (χ3n) is 5.41. The summed E-state index contributed by atoms with van der Waals surface area (Å²) in [5.41, 5.74) is 0.238. The zero-order chi connectivity index (χ0) is 13.0. The van der Waals surface area contributed by atoms with Crippen LogP contribution in [0.4, 0.5) is 8.78 Å². The maximum atomic E-state index is 13.7. The van der Waals surface area contributed by atoms with E-state index in [0.717, 1.165) is 17.8 Å². The molecule has 104 valence electrons. The molecule has 0 aromatic heterocycles. The number of rotatable bonds is 4. The van der Waals surface area contributed by atoms with E-state index in [2.05, 4.69) is 15.9 Å². The van der Waals surface area contributed by atoms with Gasteiger partial charge in [-0.25, -0.2) is 0 Å². The van der Waals surface area contributed by atoms with Crippen LogP contribution in [-0.2, 0) is 0 Å². The Bertz CT molecular complexity index is 296. The molecular formula is C14H21BrF2S. The topological polar surface area (TPSA) is 0 Å². The maximum absolute atomic E-state index is 13.7. The van der Waals surface area contributed by atoms with Crippen molar-refractivity contribution in [3.05, 3.63) is 0 Å². The van der Waals surface area contributed by atoms with E-state index in [1.807, 2.05) is 0 Å². The molecule has 0 aromatic rings. The molecule has 0 spiro atoms. The third-order valence-corrected chi connectivity index (χ3v) is 7.44. The molecular weight excluding hydrogens is 318 g/mol. The molecule has 4 rings (SSSR count). The predicted molar refractivity (Wildman–Crippen MR) is 76.4 cm³/mol. The number of hydrogen-bond acceptors (Lipinski definition) is 1. The van der Waals surface area contributed by atoms with Crippen molar-refractivity contribution in [2.24, 2.45) is 23.2 Å². The van der Waals surface area contributed by atoms with Crippen molar-refractivity contribution < 1.29 is 8.78 Å². The monoisotopic (exact) mass is 338 g/mol. The highest BCUT2D eigenvalue weighted by atomic mass is 79.9. The Labute approximate surface area is 121 Å². The summed E-state index contributed by atoms with van der Waals surface area (Å²) in [7, 11) is 0. The van der Waals surface area contributed by atoms with Crippen LogP contribution < -0.4 is 0 Å². The Morgan fingerprint density at radius 2 is 1.61 bits per heavy atom. The lowest BCUT2D eigenvalue weighted by atomic mass is 9.48. The normalized spacial score (nSPS) is 44.3. The molecule has 4 aliphatic rings. The molecule has 0 radical (unpaired) electrons. The van der Waals surface area contributed by atoms with Gasteiger partial charge in [0.25, 0.3) is 0 Å². The quantitative estimate of drug-likeness (QED) is 0.625. The number of thioether (sulfide) groups is 1. The summed E-state index contributed by atoms with van der Waals surface area (Å²) < 4.78 is 27.5. The van der Waals surface area contributed by atoms with Gasteiger partial charge in [-0.15, -0.1) is 0 Å². The molecule has 0 nitrogen and oxygen atoms in total. The van der Waals surface area contributed by atoms with E-state index in [4.69, 9.17) is 0 Å². The van der Waals surface area contributed by atoms with Gasteiger partial charge >= 0.3 is 5.25 Å². The Hall–Kier alpha value is 0.690. The lowest BCUT2D eigenvalue weighted by Gasteiger charge is -2.57. The lowest BCUT2D eigenvalue weighted by Crippen LogP contribution is -2.48. The fourth-order valence-corrected chi connectivity index (χ4v) is 6.75. The second-order valence-corrected chi connectivity index (χ2v) is 8.91. The summed E-state index contributed by atoms with van der Waals surface area (Å²) in [6.45, 7) is 0. The number of halogens is 3. The van der Waals surface area contributed by atoms with Crippen LogP contribution in [-0.4, -0.2) is 16.3 Å². The van der Waals surface area contributed by atoms with Crippen LogP contribution in [0.5, 0.6) is 0 Å². The molecule has 0 aliphatic heterocycles. The summed E-state index contributed by atoms with van der Waals surface area (Å²) in [4.78, 5) is -0.656. The molecule has 4 fully saturated rings. The first-order valence-corrected chi connectivity index (χ1v) is 9.13. The molecule has 0 saturated heterocycles. The van der Waals surface area contributed by atoms with Crippen molar-refractivity contribution in [2.45, 2.75) is 55.0 Å². The van der Waals surface area contributed by atoms with Gasteiger partial charge in [0.2, 0.25) is 0 Å². The van der Waals surface area contributed by atoms with Crippen LogP contribution in [0.25, 0.3) is 0 Å². The number of hydrogen-bond donors (Lipinski definition) is 0. The zero-order valence-corrected chi connectivity index (χ0v) is 13.2. The fraction of sp³-hybridized carbons (Fsp3) is 1.00. The van der Waals surface area contributed by atoms with E-state index in [1.54, 1.807) is 0 Å². The first-order chi connectivity index (χ1) is 8.42. The standard InChI is InChI=1S/C14H21BrF2S/c1-18-14(16,17)12(15)8-13-5-9-2-10(6-13)4-11(3-9)7-13/h9-12H,2-8H2,1H3. The molecule has 0 N–H and O–H groups in total. The smallest absolute Gasteiger partial charge is 0.193 e. The Morgan fingerprint density at radius 1 is 1.17 bits per heavy atom. The van der Waals surface area contributed by atoms with E-state index >= 15 is 0 Å². The van der Waals surface area contributed by atoms with Crippen LogP contribution in [0.15, 0.2) is 0 Å². The molecule has 0 heterocycles. The Balaban J connectivity index is 1.72. The van der Waals surface area contributed by atoms with Gasteiger partial charge in [0.15, 0.2) is 0 Å². The van der Waals surface area contributed by atoms with Crippen LogP contribution in [0, 0.1) is 23.2 Å². The average molecular weight is 339 g/mol. The second kappa shape index (κ2) is 4.61. The van der Waals surface area contributed by atoms with Crippen molar-refractivity contribution >= 4 is 27.7 Å². The van der Waals surface area contributed by atoms with Crippen molar-refractivity contribution in [3.8, 4) is 0 Å². The first kappa shape index (κ1) is 13.7. The van der Waals surface area contributed by atoms with Crippen LogP contribution in [0.1, 0.15) is 44.9 Å². The average Bonchev–Trinajstić information content (AvgIpc) is 2.26. The predicted octanol–water partition coefficient (Wildman–Crippen LogP) is 5.31. The van der Waals surface area contributed by atoms with E-state index in [9.17, 15) is 8.78 Å². The number of alkyl halides is 3. The maximum Gasteiger partial charge on any atom is 0.305 e. The van der Waals surface area contributed by atoms with E-state index in [0.29, 0.717) is 18.2 Å². The highest BCUT2D eigenvalue weighted by Gasteiger charge is 2.53. The zero-order valence-electron chi connectivity index (χ0n) is 10.8. The van der Waals surface area contributed by atoms with Crippen molar-refractivity contribution in [3.63, 3.8) is 0 Å². The molecule has 1 unspecified atom stereocenters. The van der Waals surface area contributed by atoms with Crippen LogP contribution >= 0.6 is 27.7 Å². The molecule has 4 bridgehead atoms. The molecule has 4 saturated carbocycles. The summed E-state index contributed by atoms with van der Waals surface area (Å²) in [6.07, 6.45) is 9.96. The van der Waals surface area contributed by atoms with Crippen molar-refractivity contribution in [1.82, 2.24) is 0 Å². The molecule has 4 aliphatic carbocycles. The van der Waals surface area contributed by atoms with Gasteiger partial charge in [0, 0.05) is 0 Å². The third kappa shape index (κ3) is 2.36. The van der Waals surface area contributed by atoms with Gasteiger partial charge in [-0.1, -0.05) is 27.7 Å². The summed E-state index contributed by atoms with van der Waals surface area (Å²) in [6, 6.07) is 0. The molecule has 4 heteroatoms. The highest BCUT2D eigenvalue weighted by molar-refractivity contribution is 9.09. The minimum absolute atomic E-state index is 0.238. The lowest BCUT2D eigenvalue weighted by molar-refractivity contribution is -0.0647. The minimum atomic E-state index is -2.62. The summed E-state index contributed by atoms with van der Waals surface area (Å²) in [5, 5.41) is -2.62. The van der Waals surface area contributed by atoms with Gasteiger partial charge < -0.3 is 0 Å². The molecule has 0 amide bonds. The molecule has 1 atom stereocenters. The minimum Gasteiger partial charge on any atom is -0.193 e. The van der Waals surface area contributed by atoms with Crippen LogP contribution in [0.2, 0.25) is 0 Å². The van der Waals surface area contributed by atoms with Gasteiger partial charge in [0.1, 0.15) is 0 Å².